The maximum atomic E-state index is 13.5. The van der Waals surface area contributed by atoms with Gasteiger partial charge in [0.15, 0.2) is 6.10 Å². The van der Waals surface area contributed by atoms with Crippen LogP contribution in [0.4, 0.5) is 0 Å². The van der Waals surface area contributed by atoms with Gasteiger partial charge in [-0.2, -0.15) is 0 Å². The normalized spacial score (nSPS) is 37.7. The maximum Gasteiger partial charge on any atom is 0.417 e. The average molecular weight is 693 g/mol. The van der Waals surface area contributed by atoms with Gasteiger partial charge < -0.3 is 38.9 Å². The van der Waals surface area contributed by atoms with Gasteiger partial charge in [-0.25, -0.2) is 19.2 Å². The van der Waals surface area contributed by atoms with Gasteiger partial charge in [-0.1, -0.05) is 38.1 Å². The predicted molar refractivity (Wildman–Crippen MR) is 175 cm³/mol. The molecule has 3 aliphatic carbocycles. The first-order valence-corrected chi connectivity index (χ1v) is 17.0. The number of esters is 4. The summed E-state index contributed by atoms with van der Waals surface area (Å²) >= 11 is 0. The number of hydrogen-bond acceptors (Lipinski definition) is 12. The number of cyclic esters (lactones) is 1. The Kier molecular flexibility index (Phi) is 10.0. The largest absolute Gasteiger partial charge is 0.457 e. The van der Waals surface area contributed by atoms with E-state index in [4.69, 9.17) is 23.7 Å². The summed E-state index contributed by atoms with van der Waals surface area (Å²) in [5.41, 5.74) is -0.0170. The molecule has 13 heteroatoms. The third-order valence-electron chi connectivity index (χ3n) is 11.2. The summed E-state index contributed by atoms with van der Waals surface area (Å²) in [4.78, 5) is 58.5. The molecule has 0 saturated heterocycles. The number of ether oxygens (including phenoxy) is 5. The Labute approximate surface area is 290 Å². The smallest absolute Gasteiger partial charge is 0.417 e. The highest BCUT2D eigenvalue weighted by Gasteiger charge is 2.71. The third kappa shape index (κ3) is 6.26. The fraction of sp³-hybridized carbons (Fsp3) is 0.541. The number of rotatable bonds is 7. The number of H-pyrrole nitrogens is 1. The van der Waals surface area contributed by atoms with Gasteiger partial charge in [-0.15, -0.1) is 0 Å². The summed E-state index contributed by atoms with van der Waals surface area (Å²) in [5, 5.41) is 24.4. The molecule has 13 nitrogen and oxygen atoms in total. The van der Waals surface area contributed by atoms with Crippen LogP contribution in [0.25, 0.3) is 0 Å². The number of methoxy groups -OCH3 is 1. The van der Waals surface area contributed by atoms with Gasteiger partial charge in [-0.05, 0) is 55.9 Å². The second-order valence-corrected chi connectivity index (χ2v) is 14.0. The Hall–Kier alpha value is -4.33. The van der Waals surface area contributed by atoms with E-state index in [0.29, 0.717) is 16.8 Å². The predicted octanol–water partition coefficient (Wildman–Crippen LogP) is 2.93. The van der Waals surface area contributed by atoms with Crippen LogP contribution in [-0.4, -0.2) is 87.3 Å². The molecule has 0 spiro atoms. The van der Waals surface area contributed by atoms with E-state index in [2.05, 4.69) is 9.97 Å². The standard InChI is InChI=1S/C37H44N2O11/c1-18-14-19(2)37(45)23(10-11-24-27-28(29(24)37)30(40)20(3)32(27)50-33(41)25-9-7-13-39-25)15-26(46-5)34(42)49-31(18)21(4)48-36(44)35(43)47-17-22-8-6-12-38-16-22/h6-14,16,18,20-21,23-24,26-32,39-40,45H,15,17H2,1-5H3/b19-14+/t18-,20-,21-,23-,24?,26+,27+,28?,29?,30?,31+,32-,37+/m1/s1. The number of aromatic nitrogens is 2. The quantitative estimate of drug-likeness (QED) is 0.167. The first kappa shape index (κ1) is 35.5. The van der Waals surface area contributed by atoms with E-state index in [9.17, 15) is 29.4 Å². The van der Waals surface area contributed by atoms with E-state index < -0.39 is 83.7 Å². The van der Waals surface area contributed by atoms with Crippen LogP contribution in [0.5, 0.6) is 0 Å². The van der Waals surface area contributed by atoms with Gasteiger partial charge in [0.25, 0.3) is 0 Å². The monoisotopic (exact) mass is 692 g/mol. The Morgan fingerprint density at radius 1 is 1.14 bits per heavy atom. The zero-order chi connectivity index (χ0) is 35.9. The molecule has 50 heavy (non-hydrogen) atoms. The minimum Gasteiger partial charge on any atom is -0.457 e. The van der Waals surface area contributed by atoms with Gasteiger partial charge >= 0.3 is 23.9 Å². The number of aliphatic hydroxyl groups is 2. The number of allylic oxidation sites excluding steroid dienone is 1. The first-order chi connectivity index (χ1) is 23.9. The minimum atomic E-state index is -1.51. The Morgan fingerprint density at radius 2 is 1.92 bits per heavy atom. The van der Waals surface area contributed by atoms with E-state index in [-0.39, 0.29) is 30.8 Å². The van der Waals surface area contributed by atoms with Crippen molar-refractivity contribution >= 4 is 23.9 Å². The van der Waals surface area contributed by atoms with Crippen LogP contribution in [0.15, 0.2) is 66.7 Å². The van der Waals surface area contributed by atoms with Gasteiger partial charge in [0.05, 0.1) is 11.7 Å². The van der Waals surface area contributed by atoms with Crippen LogP contribution >= 0.6 is 0 Å². The summed E-state index contributed by atoms with van der Waals surface area (Å²) in [7, 11) is 1.37. The molecule has 13 atom stereocenters. The molecule has 0 aromatic carbocycles. The Bertz CT molecular complexity index is 1640. The lowest BCUT2D eigenvalue weighted by Gasteiger charge is -2.61. The highest BCUT2D eigenvalue weighted by molar-refractivity contribution is 6.29. The number of aliphatic hydroxyl groups excluding tert-OH is 1. The maximum absolute atomic E-state index is 13.5. The third-order valence-corrected chi connectivity index (χ3v) is 11.2. The van der Waals surface area contributed by atoms with Crippen LogP contribution in [0.3, 0.4) is 0 Å². The number of nitrogens with one attached hydrogen (secondary N) is 1. The molecule has 2 saturated carbocycles. The summed E-state index contributed by atoms with van der Waals surface area (Å²) in [6.45, 7) is 6.75. The van der Waals surface area contributed by atoms with E-state index in [1.54, 1.807) is 56.6 Å². The molecular weight excluding hydrogens is 648 g/mol. The fourth-order valence-corrected chi connectivity index (χ4v) is 8.71. The first-order valence-electron chi connectivity index (χ1n) is 17.0. The van der Waals surface area contributed by atoms with Gasteiger partial charge in [0.1, 0.15) is 30.6 Å². The molecule has 0 bridgehead atoms. The second kappa shape index (κ2) is 14.1. The zero-order valence-corrected chi connectivity index (χ0v) is 28.6. The number of nitrogens with zero attached hydrogens (tertiary/aromatic N) is 1. The summed E-state index contributed by atoms with van der Waals surface area (Å²) < 4.78 is 27.9. The van der Waals surface area contributed by atoms with E-state index in [1.165, 1.54) is 20.2 Å². The van der Waals surface area contributed by atoms with E-state index in [1.807, 2.05) is 19.1 Å². The van der Waals surface area contributed by atoms with Crippen molar-refractivity contribution in [2.45, 2.75) is 76.8 Å². The molecule has 2 aromatic rings. The van der Waals surface area contributed by atoms with Gasteiger partial charge in [-0.3, -0.25) is 4.98 Å². The molecule has 4 aliphatic rings. The lowest BCUT2D eigenvalue weighted by Crippen LogP contribution is -2.65. The molecule has 2 fully saturated rings. The van der Waals surface area contributed by atoms with Crippen molar-refractivity contribution in [3.05, 3.63) is 77.9 Å². The van der Waals surface area contributed by atoms with Gasteiger partial charge in [0.2, 0.25) is 0 Å². The van der Waals surface area contributed by atoms with Crippen molar-refractivity contribution in [3.8, 4) is 0 Å². The van der Waals surface area contributed by atoms with Crippen LogP contribution in [0.1, 0.15) is 50.2 Å². The van der Waals surface area contributed by atoms with Crippen LogP contribution in [0, 0.1) is 41.4 Å². The number of hydrogen-bond donors (Lipinski definition) is 3. The molecule has 268 valence electrons. The highest BCUT2D eigenvalue weighted by atomic mass is 16.6. The van der Waals surface area contributed by atoms with Crippen molar-refractivity contribution in [2.75, 3.05) is 7.11 Å². The van der Waals surface area contributed by atoms with Gasteiger partial charge in [0, 0.05) is 60.9 Å². The van der Waals surface area contributed by atoms with Crippen LogP contribution in [0.2, 0.25) is 0 Å². The summed E-state index contributed by atoms with van der Waals surface area (Å²) in [6, 6.07) is 6.70. The van der Waals surface area contributed by atoms with Crippen LogP contribution < -0.4 is 0 Å². The number of fused-ring (bicyclic) bond motifs is 6. The SMILES string of the molecule is CO[C@H]1C[C@H]2C=CC3C(C4C(O)[C@@H](C)[C@@H](OC(=O)c5ccc[nH]5)[C@@H]34)[C@]2(O)/C(C)=C/[C@@H](C)[C@@H]([C@@H](C)OC(=O)C(=O)OCc2cccnc2)OC1=O. The molecule has 3 N–H and O–H groups in total. The lowest BCUT2D eigenvalue weighted by atomic mass is 9.46. The molecule has 2 aromatic heterocycles. The van der Waals surface area contributed by atoms with E-state index in [0.717, 1.165) is 0 Å². The topological polar surface area (TPSA) is 184 Å². The van der Waals surface area contributed by atoms with Crippen molar-refractivity contribution in [2.24, 2.45) is 41.4 Å². The molecule has 1 aliphatic heterocycles. The molecule has 0 radical (unpaired) electrons. The zero-order valence-electron chi connectivity index (χ0n) is 28.6. The van der Waals surface area contributed by atoms with E-state index >= 15 is 0 Å². The number of carbonyl (C=O) groups is 4. The Balaban J connectivity index is 1.24. The summed E-state index contributed by atoms with van der Waals surface area (Å²) in [5.74, 6) is -6.52. The van der Waals surface area contributed by atoms with Crippen LogP contribution in [-0.2, 0) is 44.7 Å². The number of pyridine rings is 1. The second-order valence-electron chi connectivity index (χ2n) is 14.0. The molecule has 6 rings (SSSR count). The van der Waals surface area contributed by atoms with Crippen molar-refractivity contribution < 1.29 is 53.1 Å². The average Bonchev–Trinajstić information content (AvgIpc) is 3.70. The molecule has 3 heterocycles. The lowest BCUT2D eigenvalue weighted by molar-refractivity contribution is -0.190. The number of carbonyl (C=O) groups excluding carboxylic acids is 4. The van der Waals surface area contributed by atoms with Crippen molar-refractivity contribution in [1.82, 2.24) is 9.97 Å². The van der Waals surface area contributed by atoms with Crippen molar-refractivity contribution in [1.29, 1.82) is 0 Å². The number of aromatic amines is 1. The molecule has 0 amide bonds. The highest BCUT2D eigenvalue weighted by Crippen LogP contribution is 2.66. The Morgan fingerprint density at radius 3 is 2.60 bits per heavy atom. The fourth-order valence-electron chi connectivity index (χ4n) is 8.71. The van der Waals surface area contributed by atoms with Crippen molar-refractivity contribution in [3.63, 3.8) is 0 Å². The molecule has 4 unspecified atom stereocenters. The molecular formula is C37H44N2O11. The minimum absolute atomic E-state index is 0.0704. The summed E-state index contributed by atoms with van der Waals surface area (Å²) in [6.07, 6.45) is 5.81.